The fourth-order valence-electron chi connectivity index (χ4n) is 8.58. The summed E-state index contributed by atoms with van der Waals surface area (Å²) in [5, 5.41) is 8.93. The summed E-state index contributed by atoms with van der Waals surface area (Å²) in [6.45, 7) is 23.2. The monoisotopic (exact) mass is 900 g/mol. The molecule has 0 unspecified atom stereocenters. The summed E-state index contributed by atoms with van der Waals surface area (Å²) in [6, 6.07) is 41.5. The number of fused-ring (bicyclic) bond motifs is 2. The number of benzene rings is 4. The third-order valence-corrected chi connectivity index (χ3v) is 17.0. The van der Waals surface area contributed by atoms with E-state index in [4.69, 9.17) is 0 Å². The van der Waals surface area contributed by atoms with E-state index in [2.05, 4.69) is 166 Å². The third-order valence-electron chi connectivity index (χ3n) is 11.8. The first-order valence-electron chi connectivity index (χ1n) is 19.9. The molecule has 0 aromatic heterocycles. The molecule has 54 heavy (non-hydrogen) atoms. The summed E-state index contributed by atoms with van der Waals surface area (Å²) < 4.78 is 0. The Morgan fingerprint density at radius 2 is 0.889 bits per heavy atom. The Morgan fingerprint density at radius 1 is 0.500 bits per heavy atom. The van der Waals surface area contributed by atoms with Crippen molar-refractivity contribution in [2.45, 2.75) is 131 Å². The van der Waals surface area contributed by atoms with Crippen molar-refractivity contribution >= 4 is 40.0 Å². The van der Waals surface area contributed by atoms with Crippen molar-refractivity contribution < 1.29 is 25.8 Å². The Bertz CT molecular complexity index is 1970. The molecule has 0 N–H and O–H groups in total. The van der Waals surface area contributed by atoms with Crippen LogP contribution in [-0.2, 0) is 36.7 Å². The first-order valence-corrected chi connectivity index (χ1v) is 22.3. The molecule has 0 atom stereocenters. The fraction of sp³-hybridized carbons (Fsp3) is 0.385. The SMILES string of the molecule is CCCCC[Si](CCCCC)(c1cc2c(-c3ccc(C(C)(C)C)cc3C)cccc2[cH-]1)c1cc2c(-c3ccc(C(C)(C)C)cc3C)cccc2[cH-]1.[CH3-].[CH3-].[Hf+4]. The van der Waals surface area contributed by atoms with Crippen molar-refractivity contribution in [3.63, 3.8) is 0 Å². The molecule has 0 amide bonds. The molecule has 0 aliphatic carbocycles. The van der Waals surface area contributed by atoms with Crippen LogP contribution in [0.4, 0.5) is 0 Å². The van der Waals surface area contributed by atoms with Crippen molar-refractivity contribution in [3.05, 3.63) is 134 Å². The van der Waals surface area contributed by atoms with Crippen molar-refractivity contribution in [3.8, 4) is 22.3 Å². The van der Waals surface area contributed by atoms with Gasteiger partial charge in [-0.2, -0.15) is 12.1 Å². The van der Waals surface area contributed by atoms with E-state index in [1.54, 1.807) is 10.4 Å². The average Bonchev–Trinajstić information content (AvgIpc) is 3.73. The zero-order valence-corrected chi connectivity index (χ0v) is 40.5. The Labute approximate surface area is 350 Å². The van der Waals surface area contributed by atoms with E-state index >= 15 is 0 Å². The van der Waals surface area contributed by atoms with Gasteiger partial charge in [0.2, 0.25) is 0 Å². The molecule has 0 bridgehead atoms. The van der Waals surface area contributed by atoms with Crippen LogP contribution >= 0.6 is 0 Å². The summed E-state index contributed by atoms with van der Waals surface area (Å²) in [6.07, 6.45) is 7.73. The maximum absolute atomic E-state index is 2.65. The van der Waals surface area contributed by atoms with Crippen LogP contribution in [0.15, 0.2) is 97.1 Å². The average molecular weight is 900 g/mol. The number of rotatable bonds is 12. The summed E-state index contributed by atoms with van der Waals surface area (Å²) >= 11 is 0. The predicted molar refractivity (Wildman–Crippen MR) is 243 cm³/mol. The van der Waals surface area contributed by atoms with Crippen LogP contribution in [0, 0.1) is 28.7 Å². The standard InChI is InChI=1S/C50H62Si.2CH3.Hf/c1-11-13-15-27-51(28-16-14-12-2,41-31-37-19-17-21-45(47(37)33-41)43-25-23-39(29-35(43)3)49(5,6)7)42-32-38-20-18-22-46(48(38)34-42)44-26-24-40(30-36(44)4)50(8,9)10;;;/h17-26,29-34H,11-16,27-28H2,1-10H3;2*1H3;/q-2;2*-1;+4. The van der Waals surface area contributed by atoms with E-state index in [-0.39, 0.29) is 51.5 Å². The molecule has 6 aromatic carbocycles. The van der Waals surface area contributed by atoms with Crippen LogP contribution in [0.1, 0.15) is 116 Å². The Morgan fingerprint density at radius 3 is 1.22 bits per heavy atom. The van der Waals surface area contributed by atoms with Crippen LogP contribution in [0.25, 0.3) is 43.8 Å². The van der Waals surface area contributed by atoms with Gasteiger partial charge in [-0.05, 0) is 58.1 Å². The summed E-state index contributed by atoms with van der Waals surface area (Å²) in [5.74, 6) is 0. The molecule has 0 spiro atoms. The van der Waals surface area contributed by atoms with Crippen molar-refractivity contribution in [1.82, 2.24) is 0 Å². The molecule has 0 heterocycles. The molecule has 6 rings (SSSR count). The number of aryl methyl sites for hydroxylation is 2. The van der Waals surface area contributed by atoms with Gasteiger partial charge >= 0.3 is 25.8 Å². The molecular formula is C52H68HfSi. The maximum atomic E-state index is 2.65. The molecule has 0 saturated heterocycles. The van der Waals surface area contributed by atoms with Gasteiger partial charge in [0, 0.05) is 0 Å². The molecule has 2 heteroatoms. The van der Waals surface area contributed by atoms with Crippen molar-refractivity contribution in [2.75, 3.05) is 0 Å². The van der Waals surface area contributed by atoms with Crippen LogP contribution < -0.4 is 10.4 Å². The predicted octanol–water partition coefficient (Wildman–Crippen LogP) is 14.8. The largest absolute Gasteiger partial charge is 4.00 e. The zero-order valence-electron chi connectivity index (χ0n) is 35.9. The molecular weight excluding hydrogens is 831 g/mol. The topological polar surface area (TPSA) is 0 Å². The van der Waals surface area contributed by atoms with Crippen LogP contribution in [0.3, 0.4) is 0 Å². The number of unbranched alkanes of at least 4 members (excludes halogenated alkanes) is 4. The summed E-state index contributed by atoms with van der Waals surface area (Å²) in [7, 11) is -2.13. The molecule has 0 radical (unpaired) electrons. The van der Waals surface area contributed by atoms with Crippen molar-refractivity contribution in [1.29, 1.82) is 0 Å². The van der Waals surface area contributed by atoms with Crippen molar-refractivity contribution in [2.24, 2.45) is 0 Å². The number of hydrogen-bond donors (Lipinski definition) is 0. The van der Waals surface area contributed by atoms with E-state index in [1.165, 1.54) is 117 Å². The minimum Gasteiger partial charge on any atom is -0.358 e. The number of hydrogen-bond acceptors (Lipinski definition) is 0. The van der Waals surface area contributed by atoms with Gasteiger partial charge in [-0.15, -0.1) is 68.3 Å². The molecule has 0 aliphatic rings. The smallest absolute Gasteiger partial charge is 0.358 e. The third kappa shape index (κ3) is 9.24. The molecule has 0 fully saturated rings. The summed E-state index contributed by atoms with van der Waals surface area (Å²) in [5.41, 5.74) is 11.3. The van der Waals surface area contributed by atoms with Gasteiger partial charge in [0.1, 0.15) is 0 Å². The van der Waals surface area contributed by atoms with Gasteiger partial charge in [-0.1, -0.05) is 166 Å². The van der Waals surface area contributed by atoms with Gasteiger partial charge < -0.3 is 14.9 Å². The van der Waals surface area contributed by atoms with E-state index in [9.17, 15) is 0 Å². The van der Waals surface area contributed by atoms with Gasteiger partial charge in [0.05, 0.1) is 8.07 Å². The first kappa shape index (κ1) is 45.6. The Balaban J connectivity index is 0.00000261. The first-order chi connectivity index (χ1) is 24.3. The normalized spacial score (nSPS) is 12.0. The fourth-order valence-corrected chi connectivity index (χ4v) is 13.7. The molecule has 0 aliphatic heterocycles. The molecule has 6 aromatic rings. The van der Waals surface area contributed by atoms with Gasteiger partial charge in [0.15, 0.2) is 0 Å². The summed E-state index contributed by atoms with van der Waals surface area (Å²) in [4.78, 5) is 0. The maximum Gasteiger partial charge on any atom is 4.00 e. The van der Waals surface area contributed by atoms with Crippen LogP contribution in [0.2, 0.25) is 12.1 Å². The minimum absolute atomic E-state index is 0. The van der Waals surface area contributed by atoms with E-state index in [1.807, 2.05) is 0 Å². The molecule has 284 valence electrons. The van der Waals surface area contributed by atoms with E-state index < -0.39 is 8.07 Å². The van der Waals surface area contributed by atoms with Crippen LogP contribution in [-0.4, -0.2) is 8.07 Å². The molecule has 0 nitrogen and oxygen atoms in total. The van der Waals surface area contributed by atoms with Gasteiger partial charge in [0.25, 0.3) is 0 Å². The Hall–Kier alpha value is -2.81. The van der Waals surface area contributed by atoms with Gasteiger partial charge in [-0.3, -0.25) is 0 Å². The van der Waals surface area contributed by atoms with Crippen LogP contribution in [0.5, 0.6) is 0 Å². The second kappa shape index (κ2) is 18.4. The minimum atomic E-state index is -2.13. The van der Waals surface area contributed by atoms with E-state index in [0.717, 1.165) is 0 Å². The second-order valence-electron chi connectivity index (χ2n) is 17.7. The zero-order chi connectivity index (χ0) is 36.6. The van der Waals surface area contributed by atoms with Gasteiger partial charge in [-0.25, -0.2) is 0 Å². The quantitative estimate of drug-likeness (QED) is 0.0652. The second-order valence-corrected chi connectivity index (χ2v) is 22.0. The van der Waals surface area contributed by atoms with E-state index in [0.29, 0.717) is 0 Å². The molecule has 0 saturated carbocycles. The Kier molecular flexibility index (Phi) is 15.5.